The van der Waals surface area contributed by atoms with Crippen molar-refractivity contribution < 1.29 is 19.4 Å². The Morgan fingerprint density at radius 1 is 1.24 bits per heavy atom. The number of methoxy groups -OCH3 is 2. The van der Waals surface area contributed by atoms with E-state index in [9.17, 15) is 4.79 Å². The Morgan fingerprint density at radius 2 is 1.76 bits per heavy atom. The van der Waals surface area contributed by atoms with Crippen molar-refractivity contribution in [1.29, 1.82) is 0 Å². The van der Waals surface area contributed by atoms with Crippen molar-refractivity contribution in [2.24, 2.45) is 0 Å². The van der Waals surface area contributed by atoms with Crippen LogP contribution in [-0.2, 0) is 11.3 Å². The minimum absolute atomic E-state index is 0.000471. The average Bonchev–Trinajstić information content (AvgIpc) is 2.27. The summed E-state index contributed by atoms with van der Waals surface area (Å²) in [5, 5.41) is 8.67. The molecule has 17 heavy (non-hydrogen) atoms. The Labute approximate surface area is 101 Å². The van der Waals surface area contributed by atoms with E-state index in [0.717, 1.165) is 5.56 Å². The van der Waals surface area contributed by atoms with Crippen LogP contribution in [0.4, 0.5) is 0 Å². The van der Waals surface area contributed by atoms with Gasteiger partial charge in [0.2, 0.25) is 0 Å². The molecule has 0 saturated carbocycles. The fourth-order valence-electron chi connectivity index (χ4n) is 1.56. The zero-order valence-corrected chi connectivity index (χ0v) is 10.3. The lowest BCUT2D eigenvalue weighted by Gasteiger charge is -2.15. The molecule has 1 aromatic rings. The quantitative estimate of drug-likeness (QED) is 0.808. The molecule has 0 aliphatic heterocycles. The monoisotopic (exact) mass is 239 g/mol. The largest absolute Gasteiger partial charge is 0.497 e. The number of benzene rings is 1. The second-order valence-electron chi connectivity index (χ2n) is 3.79. The number of likely N-dealkylation sites (N-methyl/N-ethyl adjacent to an activating group) is 1. The van der Waals surface area contributed by atoms with Crippen LogP contribution in [0.15, 0.2) is 18.2 Å². The zero-order chi connectivity index (χ0) is 12.8. The van der Waals surface area contributed by atoms with Gasteiger partial charge in [0.15, 0.2) is 0 Å². The maximum absolute atomic E-state index is 10.6. The first-order valence-electron chi connectivity index (χ1n) is 5.17. The third kappa shape index (κ3) is 4.32. The topological polar surface area (TPSA) is 59.0 Å². The average molecular weight is 239 g/mol. The molecule has 0 amide bonds. The summed E-state index contributed by atoms with van der Waals surface area (Å²) in [6, 6.07) is 5.50. The van der Waals surface area contributed by atoms with E-state index in [1.54, 1.807) is 32.2 Å². The molecule has 1 aromatic carbocycles. The van der Waals surface area contributed by atoms with Gasteiger partial charge in [0.1, 0.15) is 11.5 Å². The second-order valence-corrected chi connectivity index (χ2v) is 3.79. The second kappa shape index (κ2) is 6.10. The van der Waals surface area contributed by atoms with Crippen molar-refractivity contribution >= 4 is 5.97 Å². The Bertz CT molecular complexity index is 370. The lowest BCUT2D eigenvalue weighted by molar-refractivity contribution is -0.138. The predicted molar refractivity (Wildman–Crippen MR) is 63.5 cm³/mol. The Balaban J connectivity index is 2.79. The molecule has 0 saturated heterocycles. The molecule has 5 heteroatoms. The van der Waals surface area contributed by atoms with Gasteiger partial charge in [-0.2, -0.15) is 0 Å². The molecule has 5 nitrogen and oxygen atoms in total. The Kier molecular flexibility index (Phi) is 4.78. The summed E-state index contributed by atoms with van der Waals surface area (Å²) in [4.78, 5) is 12.3. The van der Waals surface area contributed by atoms with Crippen molar-refractivity contribution in [3.05, 3.63) is 23.8 Å². The molecule has 1 rings (SSSR count). The number of hydrogen-bond donors (Lipinski definition) is 1. The van der Waals surface area contributed by atoms with E-state index in [0.29, 0.717) is 18.0 Å². The van der Waals surface area contributed by atoms with Gasteiger partial charge in [-0.05, 0) is 24.7 Å². The molecule has 0 unspecified atom stereocenters. The van der Waals surface area contributed by atoms with Crippen molar-refractivity contribution in [1.82, 2.24) is 4.90 Å². The van der Waals surface area contributed by atoms with E-state index >= 15 is 0 Å². The number of nitrogens with zero attached hydrogens (tertiary/aromatic N) is 1. The van der Waals surface area contributed by atoms with Crippen molar-refractivity contribution in [3.63, 3.8) is 0 Å². The maximum Gasteiger partial charge on any atom is 0.317 e. The first kappa shape index (κ1) is 13.3. The number of ether oxygens (including phenoxy) is 2. The van der Waals surface area contributed by atoms with Gasteiger partial charge in [-0.25, -0.2) is 0 Å². The first-order valence-corrected chi connectivity index (χ1v) is 5.17. The van der Waals surface area contributed by atoms with Crippen LogP contribution < -0.4 is 9.47 Å². The van der Waals surface area contributed by atoms with Crippen LogP contribution in [-0.4, -0.2) is 43.8 Å². The summed E-state index contributed by atoms with van der Waals surface area (Å²) < 4.78 is 10.3. The molecule has 0 atom stereocenters. The molecular weight excluding hydrogens is 222 g/mol. The number of carboxylic acid groups (broad SMARTS) is 1. The van der Waals surface area contributed by atoms with Crippen LogP contribution in [0.3, 0.4) is 0 Å². The van der Waals surface area contributed by atoms with Crippen LogP contribution in [0.25, 0.3) is 0 Å². The normalized spacial score (nSPS) is 10.4. The highest BCUT2D eigenvalue weighted by atomic mass is 16.5. The van der Waals surface area contributed by atoms with Crippen molar-refractivity contribution in [2.45, 2.75) is 6.54 Å². The number of carboxylic acids is 1. The summed E-state index contributed by atoms with van der Waals surface area (Å²) in [6.07, 6.45) is 0. The fraction of sp³-hybridized carbons (Fsp3) is 0.417. The molecular formula is C12H17NO4. The molecule has 1 N–H and O–H groups in total. The van der Waals surface area contributed by atoms with Gasteiger partial charge in [0.05, 0.1) is 20.8 Å². The summed E-state index contributed by atoms with van der Waals surface area (Å²) in [6.45, 7) is 0.527. The van der Waals surface area contributed by atoms with Gasteiger partial charge in [0, 0.05) is 12.6 Å². The zero-order valence-electron chi connectivity index (χ0n) is 10.3. The molecule has 0 spiro atoms. The third-order valence-corrected chi connectivity index (χ3v) is 2.27. The van der Waals surface area contributed by atoms with E-state index < -0.39 is 5.97 Å². The number of aliphatic carboxylic acids is 1. The molecule has 94 valence electrons. The molecule has 0 heterocycles. The lowest BCUT2D eigenvalue weighted by atomic mass is 10.2. The van der Waals surface area contributed by atoms with Crippen LogP contribution in [0.2, 0.25) is 0 Å². The van der Waals surface area contributed by atoms with Crippen molar-refractivity contribution in [2.75, 3.05) is 27.8 Å². The molecule has 0 aromatic heterocycles. The third-order valence-electron chi connectivity index (χ3n) is 2.27. The summed E-state index contributed by atoms with van der Waals surface area (Å²) in [5.74, 6) is 0.550. The summed E-state index contributed by atoms with van der Waals surface area (Å²) in [5.41, 5.74) is 0.949. The van der Waals surface area contributed by atoms with Gasteiger partial charge in [-0.1, -0.05) is 0 Å². The van der Waals surface area contributed by atoms with Gasteiger partial charge in [0.25, 0.3) is 0 Å². The number of rotatable bonds is 6. The number of carbonyl (C=O) groups is 1. The lowest BCUT2D eigenvalue weighted by Crippen LogP contribution is -2.25. The minimum Gasteiger partial charge on any atom is -0.497 e. The van der Waals surface area contributed by atoms with Crippen LogP contribution in [0, 0.1) is 0 Å². The van der Waals surface area contributed by atoms with Gasteiger partial charge < -0.3 is 14.6 Å². The van der Waals surface area contributed by atoms with E-state index in [1.807, 2.05) is 12.1 Å². The predicted octanol–water partition coefficient (Wildman–Crippen LogP) is 1.22. The van der Waals surface area contributed by atoms with Crippen LogP contribution in [0.5, 0.6) is 11.5 Å². The van der Waals surface area contributed by atoms with E-state index in [4.69, 9.17) is 14.6 Å². The Morgan fingerprint density at radius 3 is 2.18 bits per heavy atom. The van der Waals surface area contributed by atoms with Gasteiger partial charge in [-0.3, -0.25) is 9.69 Å². The highest BCUT2D eigenvalue weighted by molar-refractivity contribution is 5.69. The molecule has 0 bridgehead atoms. The van der Waals surface area contributed by atoms with Crippen LogP contribution >= 0.6 is 0 Å². The SMILES string of the molecule is COc1cc(CN(C)CC(=O)O)cc(OC)c1. The fourth-order valence-corrected chi connectivity index (χ4v) is 1.56. The highest BCUT2D eigenvalue weighted by Gasteiger charge is 2.07. The molecule has 0 aliphatic rings. The van der Waals surface area contributed by atoms with E-state index in [2.05, 4.69) is 0 Å². The smallest absolute Gasteiger partial charge is 0.317 e. The first-order chi connectivity index (χ1) is 8.05. The molecule has 0 radical (unpaired) electrons. The summed E-state index contributed by atoms with van der Waals surface area (Å²) >= 11 is 0. The van der Waals surface area contributed by atoms with Crippen LogP contribution in [0.1, 0.15) is 5.56 Å². The molecule has 0 fully saturated rings. The van der Waals surface area contributed by atoms with Gasteiger partial charge >= 0.3 is 5.97 Å². The van der Waals surface area contributed by atoms with E-state index in [1.165, 1.54) is 0 Å². The van der Waals surface area contributed by atoms with E-state index in [-0.39, 0.29) is 6.54 Å². The number of hydrogen-bond acceptors (Lipinski definition) is 4. The maximum atomic E-state index is 10.6. The highest BCUT2D eigenvalue weighted by Crippen LogP contribution is 2.23. The van der Waals surface area contributed by atoms with Crippen molar-refractivity contribution in [3.8, 4) is 11.5 Å². The standard InChI is InChI=1S/C12H17NO4/c1-13(8-12(14)15)7-9-4-10(16-2)6-11(5-9)17-3/h4-6H,7-8H2,1-3H3,(H,14,15). The Hall–Kier alpha value is -1.75. The minimum atomic E-state index is -0.845. The molecule has 0 aliphatic carbocycles. The van der Waals surface area contributed by atoms with Gasteiger partial charge in [-0.15, -0.1) is 0 Å². The summed E-state index contributed by atoms with van der Waals surface area (Å²) in [7, 11) is 4.92.